The summed E-state index contributed by atoms with van der Waals surface area (Å²) in [4.78, 5) is 41.4. The molecule has 0 radical (unpaired) electrons. The third-order valence-corrected chi connectivity index (χ3v) is 4.95. The molecule has 0 aliphatic carbocycles. The van der Waals surface area contributed by atoms with Gasteiger partial charge in [0, 0.05) is 23.3 Å². The molecule has 1 N–H and O–H groups in total. The molecular formula is C22H24ClN3O4. The molecule has 1 saturated heterocycles. The van der Waals surface area contributed by atoms with Crippen LogP contribution in [0, 0.1) is 5.92 Å². The molecule has 1 atom stereocenters. The second kappa shape index (κ2) is 9.17. The van der Waals surface area contributed by atoms with Gasteiger partial charge in [-0.1, -0.05) is 31.5 Å². The van der Waals surface area contributed by atoms with Gasteiger partial charge >= 0.3 is 6.03 Å². The van der Waals surface area contributed by atoms with E-state index < -0.39 is 18.0 Å². The van der Waals surface area contributed by atoms with E-state index in [1.807, 2.05) is 13.8 Å². The van der Waals surface area contributed by atoms with E-state index in [0.717, 1.165) is 4.90 Å². The van der Waals surface area contributed by atoms with Crippen LogP contribution in [0.25, 0.3) is 0 Å². The predicted molar refractivity (Wildman–Crippen MR) is 116 cm³/mol. The number of benzene rings is 2. The van der Waals surface area contributed by atoms with Crippen LogP contribution in [0.1, 0.15) is 20.3 Å². The summed E-state index contributed by atoms with van der Waals surface area (Å²) in [5.74, 6) is -0.119. The lowest BCUT2D eigenvalue weighted by atomic mass is 10.1. The van der Waals surface area contributed by atoms with E-state index >= 15 is 0 Å². The zero-order chi connectivity index (χ0) is 21.8. The molecule has 0 saturated carbocycles. The molecule has 158 valence electrons. The van der Waals surface area contributed by atoms with Crippen molar-refractivity contribution in [1.29, 1.82) is 0 Å². The van der Waals surface area contributed by atoms with Crippen LogP contribution in [0.5, 0.6) is 5.75 Å². The Bertz CT molecular complexity index is 946. The third-order valence-electron chi connectivity index (χ3n) is 4.70. The number of carbonyl (C=O) groups excluding carboxylic acids is 3. The van der Waals surface area contributed by atoms with Crippen LogP contribution in [-0.4, -0.2) is 42.4 Å². The number of ether oxygens (including phenoxy) is 1. The molecule has 1 fully saturated rings. The minimum Gasteiger partial charge on any atom is -0.497 e. The van der Waals surface area contributed by atoms with Gasteiger partial charge < -0.3 is 15.0 Å². The molecule has 30 heavy (non-hydrogen) atoms. The number of urea groups is 1. The summed E-state index contributed by atoms with van der Waals surface area (Å²) in [6.07, 6.45) is -0.139. The van der Waals surface area contributed by atoms with Crippen molar-refractivity contribution < 1.29 is 19.1 Å². The second-order valence-corrected chi connectivity index (χ2v) is 7.92. The zero-order valence-electron chi connectivity index (χ0n) is 17.1. The van der Waals surface area contributed by atoms with Gasteiger partial charge in [0.15, 0.2) is 0 Å². The number of methoxy groups -OCH3 is 1. The number of carbonyl (C=O) groups is 3. The fourth-order valence-corrected chi connectivity index (χ4v) is 3.47. The average Bonchev–Trinajstić information content (AvgIpc) is 2.93. The van der Waals surface area contributed by atoms with Crippen LogP contribution >= 0.6 is 11.6 Å². The molecule has 3 rings (SSSR count). The topological polar surface area (TPSA) is 79.0 Å². The van der Waals surface area contributed by atoms with Crippen LogP contribution in [0.15, 0.2) is 48.5 Å². The lowest BCUT2D eigenvalue weighted by molar-refractivity contribution is -0.124. The van der Waals surface area contributed by atoms with Crippen molar-refractivity contribution in [1.82, 2.24) is 4.90 Å². The van der Waals surface area contributed by atoms with Gasteiger partial charge in [0.1, 0.15) is 11.8 Å². The molecule has 1 unspecified atom stereocenters. The fourth-order valence-electron chi connectivity index (χ4n) is 3.34. The highest BCUT2D eigenvalue weighted by molar-refractivity contribution is 6.30. The first kappa shape index (κ1) is 21.6. The SMILES string of the molecule is COc1cccc(N2C(=O)C(CC(=O)Nc3ccc(Cl)cc3)N(CC(C)C)C2=O)c1. The molecule has 1 heterocycles. The summed E-state index contributed by atoms with van der Waals surface area (Å²) in [6, 6.07) is 12.1. The molecule has 1 aliphatic heterocycles. The maximum absolute atomic E-state index is 13.2. The Hall–Kier alpha value is -3.06. The van der Waals surface area contributed by atoms with Crippen LogP contribution in [-0.2, 0) is 9.59 Å². The first-order chi connectivity index (χ1) is 14.3. The van der Waals surface area contributed by atoms with E-state index in [0.29, 0.717) is 28.7 Å². The number of nitrogens with zero attached hydrogens (tertiary/aromatic N) is 2. The van der Waals surface area contributed by atoms with E-state index in [2.05, 4.69) is 5.32 Å². The molecule has 2 aromatic rings. The minimum absolute atomic E-state index is 0.133. The molecule has 4 amide bonds. The highest BCUT2D eigenvalue weighted by Gasteiger charge is 2.46. The number of rotatable bonds is 7. The zero-order valence-corrected chi connectivity index (χ0v) is 17.8. The Morgan fingerprint density at radius 1 is 1.17 bits per heavy atom. The lowest BCUT2D eigenvalue weighted by Crippen LogP contribution is -2.40. The Balaban J connectivity index is 1.83. The number of hydrogen-bond acceptors (Lipinski definition) is 4. The summed E-state index contributed by atoms with van der Waals surface area (Å²) in [5.41, 5.74) is 0.986. The first-order valence-electron chi connectivity index (χ1n) is 9.64. The smallest absolute Gasteiger partial charge is 0.332 e. The second-order valence-electron chi connectivity index (χ2n) is 7.48. The summed E-state index contributed by atoms with van der Waals surface area (Å²) in [5, 5.41) is 3.31. The first-order valence-corrected chi connectivity index (χ1v) is 10.0. The highest BCUT2D eigenvalue weighted by Crippen LogP contribution is 2.30. The Kier molecular flexibility index (Phi) is 6.62. The molecule has 0 spiro atoms. The number of nitrogens with one attached hydrogen (secondary N) is 1. The maximum atomic E-state index is 13.2. The van der Waals surface area contributed by atoms with Gasteiger partial charge in [0.25, 0.3) is 5.91 Å². The monoisotopic (exact) mass is 429 g/mol. The Labute approximate surface area is 180 Å². The van der Waals surface area contributed by atoms with Gasteiger partial charge in [-0.2, -0.15) is 0 Å². The summed E-state index contributed by atoms with van der Waals surface area (Å²) >= 11 is 5.87. The third kappa shape index (κ3) is 4.74. The van der Waals surface area contributed by atoms with Crippen molar-refractivity contribution in [2.45, 2.75) is 26.3 Å². The standard InChI is InChI=1S/C22H24ClN3O4/c1-14(2)13-25-19(12-20(27)24-16-9-7-15(23)8-10-16)21(28)26(22(25)29)17-5-4-6-18(11-17)30-3/h4-11,14,19H,12-13H2,1-3H3,(H,24,27). The Morgan fingerprint density at radius 3 is 2.50 bits per heavy atom. The number of anilines is 2. The van der Waals surface area contributed by atoms with Gasteiger partial charge in [-0.25, -0.2) is 9.69 Å². The molecule has 2 aromatic carbocycles. The van der Waals surface area contributed by atoms with Crippen molar-refractivity contribution in [3.05, 3.63) is 53.6 Å². The van der Waals surface area contributed by atoms with Crippen LogP contribution in [0.2, 0.25) is 5.02 Å². The number of halogens is 1. The van der Waals surface area contributed by atoms with Crippen LogP contribution < -0.4 is 15.0 Å². The lowest BCUT2D eigenvalue weighted by Gasteiger charge is -2.23. The normalized spacial score (nSPS) is 16.4. The largest absolute Gasteiger partial charge is 0.497 e. The van der Waals surface area contributed by atoms with Crippen molar-refractivity contribution in [2.75, 3.05) is 23.9 Å². The van der Waals surface area contributed by atoms with Crippen LogP contribution in [0.4, 0.5) is 16.2 Å². The van der Waals surface area contributed by atoms with Crippen molar-refractivity contribution >= 4 is 40.8 Å². The van der Waals surface area contributed by atoms with Crippen molar-refractivity contribution in [3.63, 3.8) is 0 Å². The van der Waals surface area contributed by atoms with Crippen molar-refractivity contribution in [3.8, 4) is 5.75 Å². The summed E-state index contributed by atoms with van der Waals surface area (Å²) < 4.78 is 5.21. The minimum atomic E-state index is -0.876. The number of hydrogen-bond donors (Lipinski definition) is 1. The van der Waals surface area contributed by atoms with Crippen LogP contribution in [0.3, 0.4) is 0 Å². The van der Waals surface area contributed by atoms with Gasteiger partial charge in [-0.05, 0) is 42.3 Å². The van der Waals surface area contributed by atoms with E-state index in [4.69, 9.17) is 16.3 Å². The molecule has 0 bridgehead atoms. The predicted octanol–water partition coefficient (Wildman–Crippen LogP) is 4.17. The molecular weight excluding hydrogens is 406 g/mol. The highest BCUT2D eigenvalue weighted by atomic mass is 35.5. The molecule has 8 heteroatoms. The van der Waals surface area contributed by atoms with Gasteiger partial charge in [-0.15, -0.1) is 0 Å². The van der Waals surface area contributed by atoms with Gasteiger partial charge in [0.05, 0.1) is 19.2 Å². The van der Waals surface area contributed by atoms with Gasteiger partial charge in [0.2, 0.25) is 5.91 Å². The molecule has 1 aliphatic rings. The van der Waals surface area contributed by atoms with E-state index in [1.165, 1.54) is 12.0 Å². The average molecular weight is 430 g/mol. The number of imide groups is 1. The number of amides is 4. The fraction of sp³-hybridized carbons (Fsp3) is 0.318. The van der Waals surface area contributed by atoms with Gasteiger partial charge in [-0.3, -0.25) is 9.59 Å². The molecule has 0 aromatic heterocycles. The molecule has 7 nitrogen and oxygen atoms in total. The summed E-state index contributed by atoms with van der Waals surface area (Å²) in [6.45, 7) is 4.28. The quantitative estimate of drug-likeness (QED) is 0.670. The maximum Gasteiger partial charge on any atom is 0.332 e. The van der Waals surface area contributed by atoms with E-state index in [1.54, 1.807) is 48.5 Å². The van der Waals surface area contributed by atoms with Crippen molar-refractivity contribution in [2.24, 2.45) is 5.92 Å². The van der Waals surface area contributed by atoms with E-state index in [9.17, 15) is 14.4 Å². The summed E-state index contributed by atoms with van der Waals surface area (Å²) in [7, 11) is 1.52. The Morgan fingerprint density at radius 2 is 1.87 bits per heavy atom. The van der Waals surface area contributed by atoms with E-state index in [-0.39, 0.29) is 18.2 Å².